The van der Waals surface area contributed by atoms with E-state index >= 15 is 0 Å². The Kier molecular flexibility index (Phi) is 6.36. The molecule has 1 aliphatic heterocycles. The summed E-state index contributed by atoms with van der Waals surface area (Å²) >= 11 is 5.93. The van der Waals surface area contributed by atoms with Gasteiger partial charge in [-0.25, -0.2) is 4.98 Å². The van der Waals surface area contributed by atoms with Crippen molar-refractivity contribution in [2.24, 2.45) is 11.1 Å². The number of methoxy groups -OCH3 is 1. The summed E-state index contributed by atoms with van der Waals surface area (Å²) < 4.78 is 10.8. The fourth-order valence-electron chi connectivity index (χ4n) is 3.18. The lowest BCUT2D eigenvalue weighted by Gasteiger charge is -2.32. The number of carbonyl (C=O) groups is 1. The summed E-state index contributed by atoms with van der Waals surface area (Å²) in [5.74, 6) is 0.934. The number of amidine groups is 1. The van der Waals surface area contributed by atoms with Gasteiger partial charge in [0.15, 0.2) is 5.84 Å². The number of nitrogens with zero attached hydrogens (tertiary/aromatic N) is 3. The van der Waals surface area contributed by atoms with Gasteiger partial charge >= 0.3 is 5.97 Å². The fraction of sp³-hybridized carbons (Fsp3) is 0.350. The van der Waals surface area contributed by atoms with Crippen LogP contribution >= 0.6 is 11.6 Å². The van der Waals surface area contributed by atoms with E-state index in [1.807, 2.05) is 24.0 Å². The van der Waals surface area contributed by atoms with Gasteiger partial charge in [0.1, 0.15) is 5.75 Å². The summed E-state index contributed by atoms with van der Waals surface area (Å²) in [5, 5.41) is 13.8. The number of hydrogen-bond donors (Lipinski definition) is 1. The third-order valence-corrected chi connectivity index (χ3v) is 4.94. The van der Waals surface area contributed by atoms with Gasteiger partial charge in [-0.05, 0) is 56.2 Å². The number of esters is 1. The summed E-state index contributed by atoms with van der Waals surface area (Å²) in [6, 6.07) is 10.6. The molecule has 2 heterocycles. The second kappa shape index (κ2) is 8.93. The maximum Gasteiger partial charge on any atom is 0.308 e. The Morgan fingerprint density at radius 2 is 1.89 bits per heavy atom. The average molecular weight is 404 g/mol. The number of piperidine rings is 1. The standard InChI is InChI=1S/C20H22ClN3O4/c1-13-3-8-17(19(22-13)28-16-6-4-15(21)5-7-16)18(23-26)24-11-9-14(10-12-24)20(25)27-2/h3-8,14,26H,9-12H2,1-2H3/b23-18-. The molecule has 28 heavy (non-hydrogen) atoms. The zero-order valence-corrected chi connectivity index (χ0v) is 16.5. The van der Waals surface area contributed by atoms with Gasteiger partial charge in [0.25, 0.3) is 0 Å². The van der Waals surface area contributed by atoms with Crippen LogP contribution in [-0.2, 0) is 9.53 Å². The van der Waals surface area contributed by atoms with Crippen molar-refractivity contribution in [3.8, 4) is 11.6 Å². The topological polar surface area (TPSA) is 84.2 Å². The zero-order valence-electron chi connectivity index (χ0n) is 15.8. The number of rotatable bonds is 4. The van der Waals surface area contributed by atoms with Gasteiger partial charge in [-0.15, -0.1) is 0 Å². The highest BCUT2D eigenvalue weighted by Crippen LogP contribution is 2.28. The number of oxime groups is 1. The van der Waals surface area contributed by atoms with Crippen LogP contribution in [0.4, 0.5) is 0 Å². The minimum absolute atomic E-state index is 0.137. The first-order chi connectivity index (χ1) is 13.5. The number of hydrogen-bond acceptors (Lipinski definition) is 6. The molecule has 0 spiro atoms. The van der Waals surface area contributed by atoms with Crippen LogP contribution < -0.4 is 4.74 Å². The number of likely N-dealkylation sites (tertiary alicyclic amines) is 1. The van der Waals surface area contributed by atoms with Crippen molar-refractivity contribution in [3.63, 3.8) is 0 Å². The second-order valence-electron chi connectivity index (χ2n) is 6.57. The molecule has 0 unspecified atom stereocenters. The largest absolute Gasteiger partial charge is 0.469 e. The van der Waals surface area contributed by atoms with E-state index in [1.54, 1.807) is 24.3 Å². The Bertz CT molecular complexity index is 862. The third-order valence-electron chi connectivity index (χ3n) is 4.69. The fourth-order valence-corrected chi connectivity index (χ4v) is 3.30. The van der Waals surface area contributed by atoms with Crippen molar-refractivity contribution < 1.29 is 19.5 Å². The first-order valence-corrected chi connectivity index (χ1v) is 9.36. The van der Waals surface area contributed by atoms with Gasteiger partial charge in [-0.1, -0.05) is 16.8 Å². The number of ether oxygens (including phenoxy) is 2. The number of pyridine rings is 1. The summed E-state index contributed by atoms with van der Waals surface area (Å²) in [6.45, 7) is 2.98. The Morgan fingerprint density at radius 1 is 1.21 bits per heavy atom. The number of benzene rings is 1. The molecule has 1 aromatic carbocycles. The Labute approximate surface area is 168 Å². The highest BCUT2D eigenvalue weighted by atomic mass is 35.5. The predicted molar refractivity (Wildman–Crippen MR) is 105 cm³/mol. The van der Waals surface area contributed by atoms with E-state index in [0.717, 1.165) is 5.69 Å². The lowest BCUT2D eigenvalue weighted by Crippen LogP contribution is -2.41. The molecule has 0 bridgehead atoms. The smallest absolute Gasteiger partial charge is 0.308 e. The number of halogens is 1. The van der Waals surface area contributed by atoms with Crippen molar-refractivity contribution in [3.05, 3.63) is 52.7 Å². The van der Waals surface area contributed by atoms with Crippen LogP contribution in [0.2, 0.25) is 5.02 Å². The Morgan fingerprint density at radius 3 is 2.50 bits per heavy atom. The summed E-state index contributed by atoms with van der Waals surface area (Å²) in [7, 11) is 1.40. The van der Waals surface area contributed by atoms with Crippen molar-refractivity contribution in [1.82, 2.24) is 9.88 Å². The molecule has 8 heteroatoms. The summed E-state index contributed by atoms with van der Waals surface area (Å²) in [6.07, 6.45) is 1.25. The van der Waals surface area contributed by atoms with Gasteiger partial charge in [-0.2, -0.15) is 0 Å². The summed E-state index contributed by atoms with van der Waals surface area (Å²) in [5.41, 5.74) is 1.34. The van der Waals surface area contributed by atoms with Gasteiger partial charge in [0, 0.05) is 23.8 Å². The quantitative estimate of drug-likeness (QED) is 0.274. The van der Waals surface area contributed by atoms with E-state index in [2.05, 4.69) is 10.1 Å². The third kappa shape index (κ3) is 4.54. The molecule has 1 aromatic heterocycles. The van der Waals surface area contributed by atoms with Crippen molar-refractivity contribution in [1.29, 1.82) is 0 Å². The van der Waals surface area contributed by atoms with Crippen LogP contribution in [0.1, 0.15) is 24.1 Å². The van der Waals surface area contributed by atoms with Crippen LogP contribution in [0.25, 0.3) is 0 Å². The zero-order chi connectivity index (χ0) is 20.1. The van der Waals surface area contributed by atoms with E-state index < -0.39 is 0 Å². The predicted octanol–water partition coefficient (Wildman–Crippen LogP) is 3.86. The van der Waals surface area contributed by atoms with Gasteiger partial charge in [0.05, 0.1) is 18.6 Å². The van der Waals surface area contributed by atoms with Crippen LogP contribution in [-0.4, -0.2) is 47.1 Å². The molecular weight excluding hydrogens is 382 g/mol. The normalized spacial score (nSPS) is 15.4. The molecule has 0 aliphatic carbocycles. The van der Waals surface area contributed by atoms with E-state index in [1.165, 1.54) is 7.11 Å². The first-order valence-electron chi connectivity index (χ1n) is 8.98. The van der Waals surface area contributed by atoms with E-state index in [-0.39, 0.29) is 11.9 Å². The molecule has 3 rings (SSSR count). The van der Waals surface area contributed by atoms with Crippen LogP contribution in [0, 0.1) is 12.8 Å². The molecule has 1 N–H and O–H groups in total. The maximum absolute atomic E-state index is 11.7. The molecule has 2 aromatic rings. The van der Waals surface area contributed by atoms with Crippen molar-refractivity contribution in [2.75, 3.05) is 20.2 Å². The van der Waals surface area contributed by atoms with Crippen LogP contribution in [0.5, 0.6) is 11.6 Å². The molecule has 0 amide bonds. The van der Waals surface area contributed by atoms with E-state index in [9.17, 15) is 10.0 Å². The monoisotopic (exact) mass is 403 g/mol. The minimum Gasteiger partial charge on any atom is -0.469 e. The lowest BCUT2D eigenvalue weighted by atomic mass is 9.96. The summed E-state index contributed by atoms with van der Waals surface area (Å²) in [4.78, 5) is 18.1. The van der Waals surface area contributed by atoms with Crippen LogP contribution in [0.15, 0.2) is 41.6 Å². The second-order valence-corrected chi connectivity index (χ2v) is 7.01. The van der Waals surface area contributed by atoms with E-state index in [4.69, 9.17) is 21.1 Å². The van der Waals surface area contributed by atoms with Crippen molar-refractivity contribution >= 4 is 23.4 Å². The molecule has 1 aliphatic rings. The molecule has 148 valence electrons. The van der Waals surface area contributed by atoms with Crippen LogP contribution in [0.3, 0.4) is 0 Å². The molecule has 1 saturated heterocycles. The maximum atomic E-state index is 11.7. The highest BCUT2D eigenvalue weighted by molar-refractivity contribution is 6.30. The molecule has 7 nitrogen and oxygen atoms in total. The lowest BCUT2D eigenvalue weighted by molar-refractivity contribution is -0.146. The SMILES string of the molecule is COC(=O)C1CCN(/C(=N\O)c2ccc(C)nc2Oc2ccc(Cl)cc2)CC1. The Balaban J connectivity index is 1.83. The highest BCUT2D eigenvalue weighted by Gasteiger charge is 2.29. The molecule has 0 atom stereocenters. The number of carbonyl (C=O) groups excluding carboxylic acids is 1. The molecule has 0 radical (unpaired) electrons. The molecule has 1 fully saturated rings. The molecular formula is C20H22ClN3O4. The Hall–Kier alpha value is -2.80. The van der Waals surface area contributed by atoms with E-state index in [0.29, 0.717) is 54.0 Å². The minimum atomic E-state index is -0.203. The van der Waals surface area contributed by atoms with Gasteiger partial charge in [0.2, 0.25) is 5.88 Å². The average Bonchev–Trinajstić information content (AvgIpc) is 2.71. The number of aromatic nitrogens is 1. The van der Waals surface area contributed by atoms with Crippen molar-refractivity contribution in [2.45, 2.75) is 19.8 Å². The number of aryl methyl sites for hydroxylation is 1. The van der Waals surface area contributed by atoms with Gasteiger partial charge < -0.3 is 19.6 Å². The molecule has 0 saturated carbocycles. The first kappa shape index (κ1) is 19.9. The van der Waals surface area contributed by atoms with Gasteiger partial charge in [-0.3, -0.25) is 4.79 Å².